The lowest BCUT2D eigenvalue weighted by atomic mass is 9.95. The predicted octanol–water partition coefficient (Wildman–Crippen LogP) is 6.21. The van der Waals surface area contributed by atoms with Gasteiger partial charge in [0.05, 0.1) is 11.6 Å². The Morgan fingerprint density at radius 3 is 2.48 bits per heavy atom. The molecule has 0 aliphatic carbocycles. The van der Waals surface area contributed by atoms with E-state index in [2.05, 4.69) is 59.6 Å². The SMILES string of the molecule is CC(C)(C)/C(=C/O[C@H]1CCO[C@@H]1Sc1ccccn1)O[Si](C)(C)C(C)(C)C. The van der Waals surface area contributed by atoms with Gasteiger partial charge in [-0.2, -0.15) is 0 Å². The minimum atomic E-state index is -1.93. The summed E-state index contributed by atoms with van der Waals surface area (Å²) in [4.78, 5) is 4.38. The summed E-state index contributed by atoms with van der Waals surface area (Å²) in [6, 6.07) is 5.91. The molecule has 2 atom stereocenters. The first kappa shape index (κ1) is 22.3. The third kappa shape index (κ3) is 6.26. The third-order valence-corrected chi connectivity index (χ3v) is 10.6. The summed E-state index contributed by atoms with van der Waals surface area (Å²) < 4.78 is 18.7. The standard InChI is InChI=1S/C21H35NO3SSi/c1-20(2,3)17(25-27(7,8)21(4,5)6)15-24-16-12-14-23-19(16)26-18-11-9-10-13-22-18/h9-11,13,15-16,19H,12,14H2,1-8H3/b17-15-/t16-,19+/m0/s1. The molecule has 0 spiro atoms. The van der Waals surface area contributed by atoms with Gasteiger partial charge in [0.2, 0.25) is 8.32 Å². The molecule has 1 aromatic rings. The maximum Gasteiger partial charge on any atom is 0.250 e. The Hall–Kier alpha value is -0.983. The molecular formula is C21H35NO3SSi. The topological polar surface area (TPSA) is 40.6 Å². The largest absolute Gasteiger partial charge is 0.544 e. The summed E-state index contributed by atoms with van der Waals surface area (Å²) in [5.41, 5.74) is -0.163. The lowest BCUT2D eigenvalue weighted by Gasteiger charge is -2.40. The Morgan fingerprint density at radius 1 is 1.22 bits per heavy atom. The van der Waals surface area contributed by atoms with Gasteiger partial charge < -0.3 is 13.9 Å². The Kier molecular flexibility index (Phi) is 7.09. The van der Waals surface area contributed by atoms with E-state index in [9.17, 15) is 0 Å². The summed E-state index contributed by atoms with van der Waals surface area (Å²) >= 11 is 1.62. The van der Waals surface area contributed by atoms with E-state index in [1.165, 1.54) is 0 Å². The molecule has 0 aromatic carbocycles. The van der Waals surface area contributed by atoms with Crippen molar-refractivity contribution in [3.05, 3.63) is 36.4 Å². The van der Waals surface area contributed by atoms with Crippen molar-refractivity contribution in [1.29, 1.82) is 0 Å². The van der Waals surface area contributed by atoms with Crippen molar-refractivity contribution in [3.63, 3.8) is 0 Å². The van der Waals surface area contributed by atoms with Crippen LogP contribution >= 0.6 is 11.8 Å². The number of ether oxygens (including phenoxy) is 2. The highest BCUT2D eigenvalue weighted by atomic mass is 32.2. The van der Waals surface area contributed by atoms with Crippen LogP contribution < -0.4 is 0 Å². The molecule has 1 aliphatic rings. The number of thioether (sulfide) groups is 1. The van der Waals surface area contributed by atoms with Crippen LogP contribution in [0.15, 0.2) is 41.4 Å². The van der Waals surface area contributed by atoms with E-state index >= 15 is 0 Å². The molecule has 0 radical (unpaired) electrons. The van der Waals surface area contributed by atoms with Crippen molar-refractivity contribution >= 4 is 20.1 Å². The van der Waals surface area contributed by atoms with E-state index in [1.54, 1.807) is 18.0 Å². The maximum absolute atomic E-state index is 6.60. The quantitative estimate of drug-likeness (QED) is 0.412. The Balaban J connectivity index is 2.10. The summed E-state index contributed by atoms with van der Waals surface area (Å²) in [6.07, 6.45) is 4.51. The van der Waals surface area contributed by atoms with Gasteiger partial charge >= 0.3 is 0 Å². The molecule has 1 saturated heterocycles. The van der Waals surface area contributed by atoms with Gasteiger partial charge in [0.25, 0.3) is 0 Å². The van der Waals surface area contributed by atoms with Gasteiger partial charge in [-0.25, -0.2) is 4.98 Å². The first-order chi connectivity index (χ1) is 12.4. The number of nitrogens with zero attached hydrogens (tertiary/aromatic N) is 1. The van der Waals surface area contributed by atoms with Crippen molar-refractivity contribution in [2.24, 2.45) is 5.41 Å². The van der Waals surface area contributed by atoms with Crippen molar-refractivity contribution in [3.8, 4) is 0 Å². The zero-order chi connectivity index (χ0) is 20.3. The third-order valence-electron chi connectivity index (χ3n) is 5.12. The lowest BCUT2D eigenvalue weighted by molar-refractivity contribution is 0.0803. The van der Waals surface area contributed by atoms with E-state index in [0.717, 1.165) is 17.2 Å². The van der Waals surface area contributed by atoms with E-state index in [1.807, 2.05) is 24.5 Å². The van der Waals surface area contributed by atoms with Crippen LogP contribution in [-0.2, 0) is 13.9 Å². The van der Waals surface area contributed by atoms with Gasteiger partial charge in [-0.05, 0) is 30.3 Å². The molecule has 1 fully saturated rings. The maximum atomic E-state index is 6.60. The highest BCUT2D eigenvalue weighted by molar-refractivity contribution is 7.99. The number of hydrogen-bond donors (Lipinski definition) is 0. The second kappa shape index (κ2) is 8.58. The summed E-state index contributed by atoms with van der Waals surface area (Å²) in [6.45, 7) is 18.5. The van der Waals surface area contributed by atoms with Crippen LogP contribution in [0.1, 0.15) is 48.0 Å². The van der Waals surface area contributed by atoms with Gasteiger partial charge in [0, 0.05) is 18.0 Å². The molecule has 0 N–H and O–H groups in total. The molecule has 1 aliphatic heterocycles. The Labute approximate surface area is 170 Å². The number of allylic oxidation sites excluding steroid dienone is 1. The van der Waals surface area contributed by atoms with Gasteiger partial charge in [-0.15, -0.1) is 0 Å². The van der Waals surface area contributed by atoms with Crippen molar-refractivity contribution in [1.82, 2.24) is 4.98 Å². The lowest BCUT2D eigenvalue weighted by Crippen LogP contribution is -2.42. The number of hydrogen-bond acceptors (Lipinski definition) is 5. The van der Waals surface area contributed by atoms with Crippen molar-refractivity contribution < 1.29 is 13.9 Å². The highest BCUT2D eigenvalue weighted by Gasteiger charge is 2.41. The van der Waals surface area contributed by atoms with Gasteiger partial charge in [0.1, 0.15) is 23.6 Å². The Morgan fingerprint density at radius 2 is 1.93 bits per heavy atom. The molecule has 2 rings (SSSR count). The normalized spacial score (nSPS) is 22.0. The molecule has 6 heteroatoms. The molecule has 2 heterocycles. The predicted molar refractivity (Wildman–Crippen MR) is 115 cm³/mol. The van der Waals surface area contributed by atoms with Crippen LogP contribution in [0.3, 0.4) is 0 Å². The van der Waals surface area contributed by atoms with Crippen LogP contribution in [0.25, 0.3) is 0 Å². The van der Waals surface area contributed by atoms with Gasteiger partial charge in [-0.1, -0.05) is 59.4 Å². The number of rotatable bonds is 6. The second-order valence-corrected chi connectivity index (χ2v) is 15.4. The molecule has 1 aromatic heterocycles. The van der Waals surface area contributed by atoms with Crippen LogP contribution in [0.4, 0.5) is 0 Å². The zero-order valence-electron chi connectivity index (χ0n) is 18.0. The zero-order valence-corrected chi connectivity index (χ0v) is 19.9. The molecule has 0 amide bonds. The average Bonchev–Trinajstić information content (AvgIpc) is 2.97. The monoisotopic (exact) mass is 409 g/mol. The average molecular weight is 410 g/mol. The molecule has 0 saturated carbocycles. The molecule has 0 bridgehead atoms. The van der Waals surface area contributed by atoms with Crippen LogP contribution in [0.2, 0.25) is 18.1 Å². The molecule has 152 valence electrons. The van der Waals surface area contributed by atoms with Crippen LogP contribution in [0.5, 0.6) is 0 Å². The smallest absolute Gasteiger partial charge is 0.250 e. The van der Waals surface area contributed by atoms with Gasteiger partial charge in [0.15, 0.2) is 0 Å². The second-order valence-electron chi connectivity index (χ2n) is 9.58. The minimum Gasteiger partial charge on any atom is -0.544 e. The summed E-state index contributed by atoms with van der Waals surface area (Å²) in [5, 5.41) is 1.10. The molecule has 0 unspecified atom stereocenters. The number of aromatic nitrogens is 1. The first-order valence-electron chi connectivity index (χ1n) is 9.64. The van der Waals surface area contributed by atoms with Crippen LogP contribution in [-0.4, -0.2) is 31.4 Å². The Bertz CT molecular complexity index is 635. The van der Waals surface area contributed by atoms with E-state index in [0.29, 0.717) is 6.61 Å². The fraction of sp³-hybridized carbons (Fsp3) is 0.667. The molecule has 27 heavy (non-hydrogen) atoms. The molecular weight excluding hydrogens is 374 g/mol. The van der Waals surface area contributed by atoms with Crippen molar-refractivity contribution in [2.75, 3.05) is 6.61 Å². The van der Waals surface area contributed by atoms with E-state index in [-0.39, 0.29) is 22.0 Å². The van der Waals surface area contributed by atoms with Gasteiger partial charge in [-0.3, -0.25) is 0 Å². The van der Waals surface area contributed by atoms with E-state index in [4.69, 9.17) is 13.9 Å². The van der Waals surface area contributed by atoms with E-state index < -0.39 is 8.32 Å². The number of pyridine rings is 1. The highest BCUT2D eigenvalue weighted by Crippen LogP contribution is 2.41. The fourth-order valence-corrected chi connectivity index (χ4v) is 4.50. The fourth-order valence-electron chi connectivity index (χ4n) is 2.25. The summed E-state index contributed by atoms with van der Waals surface area (Å²) in [7, 11) is -1.93. The minimum absolute atomic E-state index is 0.00243. The molecule has 4 nitrogen and oxygen atoms in total. The van der Waals surface area contributed by atoms with Crippen LogP contribution in [0, 0.1) is 5.41 Å². The van der Waals surface area contributed by atoms with Crippen molar-refractivity contribution in [2.45, 2.75) is 82.7 Å². The first-order valence-corrected chi connectivity index (χ1v) is 13.4. The summed E-state index contributed by atoms with van der Waals surface area (Å²) in [5.74, 6) is 0.919.